The van der Waals surface area contributed by atoms with Crippen molar-refractivity contribution in [3.05, 3.63) is 149 Å². The number of hydrogen-bond acceptors (Lipinski definition) is 4. The average molecular weight is 716 g/mol. The summed E-state index contributed by atoms with van der Waals surface area (Å²) in [6.45, 7) is 13.2. The molecule has 6 nitrogen and oxygen atoms in total. The second kappa shape index (κ2) is 15.8. The lowest BCUT2D eigenvalue weighted by Gasteiger charge is -2.20. The predicted octanol–water partition coefficient (Wildman–Crippen LogP) is 10.4. The first kappa shape index (κ1) is 38.4. The molecule has 5 aromatic carbocycles. The normalized spacial score (nSPS) is 12.7. The van der Waals surface area contributed by atoms with Crippen molar-refractivity contribution in [2.75, 3.05) is 11.1 Å². The summed E-state index contributed by atoms with van der Waals surface area (Å²) in [4.78, 5) is 26.7. The van der Waals surface area contributed by atoms with E-state index in [2.05, 4.69) is 108 Å². The minimum absolute atomic E-state index is 0.0104. The summed E-state index contributed by atoms with van der Waals surface area (Å²) in [5.41, 5.74) is 9.92. The van der Waals surface area contributed by atoms with Crippen LogP contribution < -0.4 is 5.32 Å². The molecule has 2 N–H and O–H groups in total. The van der Waals surface area contributed by atoms with Crippen LogP contribution >= 0.6 is 0 Å². The van der Waals surface area contributed by atoms with Gasteiger partial charge < -0.3 is 5.32 Å². The first-order valence-electron chi connectivity index (χ1n) is 17.8. The third-order valence-corrected chi connectivity index (χ3v) is 10.3. The molecule has 5 rings (SSSR count). The summed E-state index contributed by atoms with van der Waals surface area (Å²) in [5, 5.41) is 3.14. The number of nitrogens with one attached hydrogen (secondary N) is 1. The summed E-state index contributed by atoms with van der Waals surface area (Å²) in [6, 6.07) is 40.3. The molecular formula is C45H49NO5S. The standard InChI is InChI=1S/C45H49NO5S/c1-44(2,3)38-23-17-33(18-24-38)32-13-15-36(16-14-32)41(30-31-9-11-37(12-10-31)42(47)8-7-29-52(49,50)51)43(48)46-40-27-21-35(22-28-40)34-19-25-39(26-20-34)45(4,5)6/h9-28,41H,7-8,29-30H2,1-6H3,(H,46,48)(H,49,50,51). The van der Waals surface area contributed by atoms with E-state index in [0.717, 1.165) is 33.4 Å². The number of carbonyl (C=O) groups is 2. The Hall–Kier alpha value is -4.85. The summed E-state index contributed by atoms with van der Waals surface area (Å²) in [7, 11) is -4.12. The molecule has 1 atom stereocenters. The Morgan fingerprint density at radius 1 is 0.615 bits per heavy atom. The van der Waals surface area contributed by atoms with Crippen LogP contribution in [-0.4, -0.2) is 30.4 Å². The monoisotopic (exact) mass is 715 g/mol. The molecule has 7 heteroatoms. The zero-order valence-corrected chi connectivity index (χ0v) is 31.8. The van der Waals surface area contributed by atoms with E-state index < -0.39 is 21.8 Å². The molecule has 0 saturated carbocycles. The summed E-state index contributed by atoms with van der Waals surface area (Å²) < 4.78 is 31.1. The van der Waals surface area contributed by atoms with E-state index in [0.29, 0.717) is 17.7 Å². The van der Waals surface area contributed by atoms with E-state index in [1.807, 2.05) is 48.5 Å². The lowest BCUT2D eigenvalue weighted by molar-refractivity contribution is -0.117. The van der Waals surface area contributed by atoms with E-state index in [1.165, 1.54) is 11.1 Å². The van der Waals surface area contributed by atoms with E-state index in [4.69, 9.17) is 4.55 Å². The Morgan fingerprint density at radius 2 is 1.04 bits per heavy atom. The molecule has 270 valence electrons. The first-order valence-corrected chi connectivity index (χ1v) is 19.4. The van der Waals surface area contributed by atoms with Crippen LogP contribution in [0.4, 0.5) is 5.69 Å². The van der Waals surface area contributed by atoms with Gasteiger partial charge in [-0.3, -0.25) is 14.1 Å². The molecule has 0 fully saturated rings. The van der Waals surface area contributed by atoms with Crippen LogP contribution in [0.15, 0.2) is 121 Å². The second-order valence-electron chi connectivity index (χ2n) is 15.6. The van der Waals surface area contributed by atoms with Gasteiger partial charge in [-0.05, 0) is 80.3 Å². The molecule has 0 aliphatic heterocycles. The fourth-order valence-corrected chi connectivity index (χ4v) is 6.70. The molecule has 0 aromatic heterocycles. The molecular weight excluding hydrogens is 667 g/mol. The number of ketones is 1. The highest BCUT2D eigenvalue weighted by atomic mass is 32.2. The van der Waals surface area contributed by atoms with Crippen LogP contribution in [0.1, 0.15) is 92.9 Å². The van der Waals surface area contributed by atoms with Gasteiger partial charge in [-0.2, -0.15) is 8.42 Å². The van der Waals surface area contributed by atoms with Crippen molar-refractivity contribution in [1.82, 2.24) is 0 Å². The van der Waals surface area contributed by atoms with Gasteiger partial charge in [0.2, 0.25) is 5.91 Å². The predicted molar refractivity (Wildman–Crippen MR) is 213 cm³/mol. The van der Waals surface area contributed by atoms with Crippen LogP contribution in [0.2, 0.25) is 0 Å². The van der Waals surface area contributed by atoms with E-state index in [1.54, 1.807) is 12.1 Å². The molecule has 1 unspecified atom stereocenters. The van der Waals surface area contributed by atoms with Gasteiger partial charge in [-0.1, -0.05) is 151 Å². The molecule has 0 aliphatic carbocycles. The van der Waals surface area contributed by atoms with Crippen molar-refractivity contribution in [2.45, 2.75) is 77.6 Å². The summed E-state index contributed by atoms with van der Waals surface area (Å²) >= 11 is 0. The number of carbonyl (C=O) groups excluding carboxylic acids is 2. The van der Waals surface area contributed by atoms with Crippen LogP contribution in [0.3, 0.4) is 0 Å². The third kappa shape index (κ3) is 10.4. The Kier molecular flexibility index (Phi) is 11.7. The van der Waals surface area contributed by atoms with Gasteiger partial charge in [0.25, 0.3) is 10.1 Å². The maximum absolute atomic E-state index is 14.0. The van der Waals surface area contributed by atoms with Gasteiger partial charge in [0.05, 0.1) is 11.7 Å². The maximum Gasteiger partial charge on any atom is 0.264 e. The topological polar surface area (TPSA) is 101 Å². The van der Waals surface area contributed by atoms with Gasteiger partial charge in [0.1, 0.15) is 0 Å². The number of anilines is 1. The zero-order chi connectivity index (χ0) is 37.7. The molecule has 52 heavy (non-hydrogen) atoms. The molecule has 0 aliphatic rings. The van der Waals surface area contributed by atoms with Gasteiger partial charge in [0, 0.05) is 17.7 Å². The highest BCUT2D eigenvalue weighted by Crippen LogP contribution is 2.31. The Bertz CT molecular complexity index is 2090. The van der Waals surface area contributed by atoms with Gasteiger partial charge in [-0.15, -0.1) is 0 Å². The Balaban J connectivity index is 1.35. The van der Waals surface area contributed by atoms with E-state index in [9.17, 15) is 18.0 Å². The number of rotatable bonds is 12. The first-order chi connectivity index (χ1) is 24.5. The fourth-order valence-electron chi connectivity index (χ4n) is 6.19. The Labute approximate surface area is 309 Å². The number of benzene rings is 5. The quantitative estimate of drug-likeness (QED) is 0.0989. The lowest BCUT2D eigenvalue weighted by Crippen LogP contribution is -2.23. The van der Waals surface area contributed by atoms with Crippen molar-refractivity contribution < 1.29 is 22.6 Å². The van der Waals surface area contributed by atoms with Crippen LogP contribution in [0.25, 0.3) is 22.3 Å². The summed E-state index contributed by atoms with van der Waals surface area (Å²) in [5.74, 6) is -1.32. The zero-order valence-electron chi connectivity index (χ0n) is 30.9. The number of hydrogen-bond donors (Lipinski definition) is 2. The van der Waals surface area contributed by atoms with E-state index >= 15 is 0 Å². The molecule has 0 heterocycles. The second-order valence-corrected chi connectivity index (χ2v) is 17.2. The van der Waals surface area contributed by atoms with Crippen LogP contribution in [0, 0.1) is 0 Å². The fraction of sp³-hybridized carbons (Fsp3) is 0.289. The molecule has 0 radical (unpaired) electrons. The van der Waals surface area contributed by atoms with Crippen LogP contribution in [0.5, 0.6) is 0 Å². The minimum atomic E-state index is -4.12. The van der Waals surface area contributed by atoms with Crippen molar-refractivity contribution in [2.24, 2.45) is 0 Å². The minimum Gasteiger partial charge on any atom is -0.326 e. The van der Waals surface area contributed by atoms with Crippen molar-refractivity contribution in [3.63, 3.8) is 0 Å². The molecule has 5 aromatic rings. The molecule has 1 amide bonds. The lowest BCUT2D eigenvalue weighted by atomic mass is 9.86. The van der Waals surface area contributed by atoms with Crippen LogP contribution in [-0.2, 0) is 32.2 Å². The highest BCUT2D eigenvalue weighted by molar-refractivity contribution is 7.85. The summed E-state index contributed by atoms with van der Waals surface area (Å²) in [6.07, 6.45) is 0.459. The largest absolute Gasteiger partial charge is 0.326 e. The van der Waals surface area contributed by atoms with Gasteiger partial charge in [-0.25, -0.2) is 0 Å². The molecule has 0 bridgehead atoms. The van der Waals surface area contributed by atoms with Gasteiger partial charge >= 0.3 is 0 Å². The van der Waals surface area contributed by atoms with E-state index in [-0.39, 0.29) is 35.4 Å². The third-order valence-electron chi connectivity index (χ3n) is 9.47. The van der Waals surface area contributed by atoms with Crippen molar-refractivity contribution in [1.29, 1.82) is 0 Å². The maximum atomic E-state index is 14.0. The highest BCUT2D eigenvalue weighted by Gasteiger charge is 2.23. The molecule has 0 saturated heterocycles. The molecule has 0 spiro atoms. The van der Waals surface area contributed by atoms with Gasteiger partial charge in [0.15, 0.2) is 5.78 Å². The SMILES string of the molecule is CC(C)(C)c1ccc(-c2ccc(NC(=O)C(Cc3ccc(C(=O)CCCS(=O)(=O)O)cc3)c3ccc(-c4ccc(C(C)(C)C)cc4)cc3)cc2)cc1. The smallest absolute Gasteiger partial charge is 0.264 e. The average Bonchev–Trinajstić information content (AvgIpc) is 3.10. The Morgan fingerprint density at radius 3 is 1.46 bits per heavy atom. The van der Waals surface area contributed by atoms with Crippen molar-refractivity contribution >= 4 is 27.5 Å². The van der Waals surface area contributed by atoms with Crippen molar-refractivity contribution in [3.8, 4) is 22.3 Å². The number of Topliss-reactive ketones (excluding diaryl/α,β-unsaturated/α-hetero) is 1. The number of amides is 1.